The zero-order valence-corrected chi connectivity index (χ0v) is 10.1. The average Bonchev–Trinajstić information content (AvgIpc) is 2.67. The highest BCUT2D eigenvalue weighted by Gasteiger charge is 2.49. The van der Waals surface area contributed by atoms with Gasteiger partial charge in [0, 0.05) is 13.0 Å². The molecule has 0 bridgehead atoms. The summed E-state index contributed by atoms with van der Waals surface area (Å²) in [4.78, 5) is 0. The molecule has 0 aromatic heterocycles. The maximum atomic E-state index is 9.87. The van der Waals surface area contributed by atoms with Crippen molar-refractivity contribution in [3.63, 3.8) is 0 Å². The number of ether oxygens (including phenoxy) is 3. The second-order valence-electron chi connectivity index (χ2n) is 4.83. The van der Waals surface area contributed by atoms with E-state index in [1.165, 1.54) is 0 Å². The Morgan fingerprint density at radius 2 is 2.19 bits per heavy atom. The van der Waals surface area contributed by atoms with E-state index in [4.69, 9.17) is 14.2 Å². The van der Waals surface area contributed by atoms with E-state index in [2.05, 4.69) is 5.32 Å². The van der Waals surface area contributed by atoms with Crippen LogP contribution in [-0.4, -0.2) is 48.6 Å². The lowest BCUT2D eigenvalue weighted by molar-refractivity contribution is -0.213. The third-order valence-electron chi connectivity index (χ3n) is 2.94. The van der Waals surface area contributed by atoms with Crippen LogP contribution in [0.3, 0.4) is 0 Å². The van der Waals surface area contributed by atoms with Crippen LogP contribution in [0.4, 0.5) is 0 Å². The third kappa shape index (κ3) is 2.55. The third-order valence-corrected chi connectivity index (χ3v) is 2.94. The molecule has 94 valence electrons. The molecule has 0 saturated carbocycles. The Hall–Kier alpha value is -0.200. The molecular formula is C11H21NO4. The van der Waals surface area contributed by atoms with Gasteiger partial charge in [0.05, 0.1) is 12.2 Å². The van der Waals surface area contributed by atoms with E-state index in [0.29, 0.717) is 13.0 Å². The molecule has 16 heavy (non-hydrogen) atoms. The SMILES string of the molecule is CCNC[C@@H](O)[C@@H]1C[C@H]2OC(C)(C)O[C@H]2O1. The second kappa shape index (κ2) is 4.58. The quantitative estimate of drug-likeness (QED) is 0.725. The lowest BCUT2D eigenvalue weighted by Crippen LogP contribution is -2.37. The van der Waals surface area contributed by atoms with E-state index >= 15 is 0 Å². The normalized spacial score (nSPS) is 38.6. The van der Waals surface area contributed by atoms with E-state index < -0.39 is 11.9 Å². The van der Waals surface area contributed by atoms with Crippen molar-refractivity contribution in [2.45, 2.75) is 57.6 Å². The van der Waals surface area contributed by atoms with Gasteiger partial charge in [-0.05, 0) is 20.4 Å². The second-order valence-corrected chi connectivity index (χ2v) is 4.83. The Kier molecular flexibility index (Phi) is 3.51. The molecule has 0 aromatic carbocycles. The van der Waals surface area contributed by atoms with E-state index in [0.717, 1.165) is 6.54 Å². The topological polar surface area (TPSA) is 60.0 Å². The molecule has 0 aromatic rings. The van der Waals surface area contributed by atoms with Crippen LogP contribution in [0.5, 0.6) is 0 Å². The minimum Gasteiger partial charge on any atom is -0.389 e. The standard InChI is InChI=1S/C11H21NO4/c1-4-12-6-7(13)8-5-9-10(14-8)16-11(2,3)15-9/h7-10,12-13H,4-6H2,1-3H3/t7-,8+,9-,10-/m1/s1. The van der Waals surface area contributed by atoms with Gasteiger partial charge in [-0.25, -0.2) is 0 Å². The van der Waals surface area contributed by atoms with Crippen molar-refractivity contribution in [3.8, 4) is 0 Å². The first-order valence-electron chi connectivity index (χ1n) is 5.91. The molecule has 0 radical (unpaired) electrons. The molecule has 5 nitrogen and oxygen atoms in total. The van der Waals surface area contributed by atoms with E-state index in [1.807, 2.05) is 20.8 Å². The zero-order valence-electron chi connectivity index (χ0n) is 10.1. The van der Waals surface area contributed by atoms with Gasteiger partial charge in [0.15, 0.2) is 12.1 Å². The predicted molar refractivity (Wildman–Crippen MR) is 57.9 cm³/mol. The fraction of sp³-hybridized carbons (Fsp3) is 1.00. The average molecular weight is 231 g/mol. The number of hydrogen-bond donors (Lipinski definition) is 2. The summed E-state index contributed by atoms with van der Waals surface area (Å²) >= 11 is 0. The monoisotopic (exact) mass is 231 g/mol. The summed E-state index contributed by atoms with van der Waals surface area (Å²) in [6.45, 7) is 7.14. The number of nitrogens with one attached hydrogen (secondary N) is 1. The maximum absolute atomic E-state index is 9.87. The molecule has 5 heteroatoms. The van der Waals surface area contributed by atoms with Crippen LogP contribution in [0.1, 0.15) is 27.2 Å². The molecule has 2 rings (SSSR count). The Labute approximate surface area is 96.1 Å². The number of rotatable bonds is 4. The molecule has 0 spiro atoms. The summed E-state index contributed by atoms with van der Waals surface area (Å²) < 4.78 is 16.9. The van der Waals surface area contributed by atoms with Crippen molar-refractivity contribution < 1.29 is 19.3 Å². The summed E-state index contributed by atoms with van der Waals surface area (Å²) in [5.41, 5.74) is 0. The number of likely N-dealkylation sites (N-methyl/N-ethyl adjacent to an activating group) is 1. The van der Waals surface area contributed by atoms with Crippen molar-refractivity contribution in [1.29, 1.82) is 0 Å². The summed E-state index contributed by atoms with van der Waals surface area (Å²) in [6.07, 6.45) is -0.362. The first kappa shape index (κ1) is 12.3. The van der Waals surface area contributed by atoms with Gasteiger partial charge in [0.1, 0.15) is 6.10 Å². The smallest absolute Gasteiger partial charge is 0.187 e. The molecule has 2 heterocycles. The Bertz CT molecular complexity index is 230. The highest BCUT2D eigenvalue weighted by molar-refractivity contribution is 4.88. The lowest BCUT2D eigenvalue weighted by atomic mass is 10.1. The number of aliphatic hydroxyl groups excluding tert-OH is 1. The summed E-state index contributed by atoms with van der Waals surface area (Å²) in [5, 5.41) is 13.0. The number of hydrogen-bond acceptors (Lipinski definition) is 5. The first-order chi connectivity index (χ1) is 7.52. The summed E-state index contributed by atoms with van der Waals surface area (Å²) in [7, 11) is 0. The molecule has 4 atom stereocenters. The van der Waals surface area contributed by atoms with Gasteiger partial charge in [-0.15, -0.1) is 0 Å². The van der Waals surface area contributed by atoms with E-state index in [-0.39, 0.29) is 18.5 Å². The molecule has 2 fully saturated rings. The number of aliphatic hydroxyl groups is 1. The van der Waals surface area contributed by atoms with Gasteiger partial charge in [0.2, 0.25) is 0 Å². The van der Waals surface area contributed by atoms with Crippen molar-refractivity contribution in [2.75, 3.05) is 13.1 Å². The molecule has 2 aliphatic rings. The predicted octanol–water partition coefficient (Wildman–Crippen LogP) is 0.223. The van der Waals surface area contributed by atoms with E-state index in [9.17, 15) is 5.11 Å². The first-order valence-corrected chi connectivity index (χ1v) is 5.91. The van der Waals surface area contributed by atoms with Gasteiger partial charge in [-0.1, -0.05) is 6.92 Å². The van der Waals surface area contributed by atoms with Crippen LogP contribution >= 0.6 is 0 Å². The molecule has 0 amide bonds. The van der Waals surface area contributed by atoms with Crippen LogP contribution in [0.2, 0.25) is 0 Å². The van der Waals surface area contributed by atoms with Gasteiger partial charge in [0.25, 0.3) is 0 Å². The largest absolute Gasteiger partial charge is 0.389 e. The van der Waals surface area contributed by atoms with Crippen molar-refractivity contribution in [1.82, 2.24) is 5.32 Å². The fourth-order valence-corrected chi connectivity index (χ4v) is 2.21. The fourth-order valence-electron chi connectivity index (χ4n) is 2.21. The van der Waals surface area contributed by atoms with Crippen LogP contribution in [-0.2, 0) is 14.2 Å². The Morgan fingerprint density at radius 1 is 1.44 bits per heavy atom. The molecule has 2 saturated heterocycles. The molecule has 2 aliphatic heterocycles. The minimum absolute atomic E-state index is 0.0451. The van der Waals surface area contributed by atoms with Gasteiger partial charge in [-0.2, -0.15) is 0 Å². The summed E-state index contributed by atoms with van der Waals surface area (Å²) in [6, 6.07) is 0. The molecular weight excluding hydrogens is 210 g/mol. The maximum Gasteiger partial charge on any atom is 0.187 e. The molecule has 0 unspecified atom stereocenters. The highest BCUT2D eigenvalue weighted by Crippen LogP contribution is 2.37. The van der Waals surface area contributed by atoms with Crippen molar-refractivity contribution in [3.05, 3.63) is 0 Å². The Balaban J connectivity index is 1.82. The summed E-state index contributed by atoms with van der Waals surface area (Å²) in [5.74, 6) is -0.563. The number of fused-ring (bicyclic) bond motifs is 1. The van der Waals surface area contributed by atoms with Crippen LogP contribution in [0.25, 0.3) is 0 Å². The van der Waals surface area contributed by atoms with Crippen LogP contribution in [0, 0.1) is 0 Å². The van der Waals surface area contributed by atoms with Crippen molar-refractivity contribution >= 4 is 0 Å². The lowest BCUT2D eigenvalue weighted by Gasteiger charge is -2.23. The van der Waals surface area contributed by atoms with E-state index in [1.54, 1.807) is 0 Å². The van der Waals surface area contributed by atoms with Gasteiger partial charge in [-0.3, -0.25) is 0 Å². The molecule has 2 N–H and O–H groups in total. The van der Waals surface area contributed by atoms with Crippen LogP contribution < -0.4 is 5.32 Å². The minimum atomic E-state index is -0.563. The van der Waals surface area contributed by atoms with Crippen molar-refractivity contribution in [2.24, 2.45) is 0 Å². The zero-order chi connectivity index (χ0) is 11.8. The van der Waals surface area contributed by atoms with Crippen LogP contribution in [0.15, 0.2) is 0 Å². The van der Waals surface area contributed by atoms with Gasteiger partial charge >= 0.3 is 0 Å². The van der Waals surface area contributed by atoms with Gasteiger partial charge < -0.3 is 24.6 Å². The molecule has 0 aliphatic carbocycles. The highest BCUT2D eigenvalue weighted by atomic mass is 16.8. The Morgan fingerprint density at radius 3 is 2.81 bits per heavy atom.